The first kappa shape index (κ1) is 14.4. The number of hydrogen-bond donors (Lipinski definition) is 2. The molecule has 106 valence electrons. The van der Waals surface area contributed by atoms with Crippen molar-refractivity contribution < 1.29 is 8.78 Å². The molecule has 0 radical (unpaired) electrons. The highest BCUT2D eigenvalue weighted by molar-refractivity contribution is 7.80. The third-order valence-corrected chi connectivity index (χ3v) is 2.83. The fraction of sp³-hybridized carbons (Fsp3) is 0.231. The van der Waals surface area contributed by atoms with Crippen molar-refractivity contribution in [3.63, 3.8) is 0 Å². The Morgan fingerprint density at radius 1 is 1.35 bits per heavy atom. The van der Waals surface area contributed by atoms with Gasteiger partial charge < -0.3 is 10.6 Å². The van der Waals surface area contributed by atoms with Crippen molar-refractivity contribution in [2.24, 2.45) is 0 Å². The first-order valence-corrected chi connectivity index (χ1v) is 6.53. The third kappa shape index (κ3) is 4.27. The van der Waals surface area contributed by atoms with E-state index in [1.165, 1.54) is 12.1 Å². The van der Waals surface area contributed by atoms with Gasteiger partial charge in [0, 0.05) is 31.5 Å². The van der Waals surface area contributed by atoms with Crippen LogP contribution in [0.15, 0.2) is 36.7 Å². The molecule has 0 fully saturated rings. The van der Waals surface area contributed by atoms with Gasteiger partial charge in [0.1, 0.15) is 11.6 Å². The molecule has 2 aromatic rings. The molecule has 4 nitrogen and oxygen atoms in total. The first-order chi connectivity index (χ1) is 9.65. The minimum atomic E-state index is -0.675. The molecule has 7 heteroatoms. The molecule has 0 saturated carbocycles. The van der Waals surface area contributed by atoms with Gasteiger partial charge in [-0.2, -0.15) is 5.10 Å². The van der Waals surface area contributed by atoms with Gasteiger partial charge in [-0.05, 0) is 36.8 Å². The molecule has 0 amide bonds. The summed E-state index contributed by atoms with van der Waals surface area (Å²) in [5.41, 5.74) is 0.149. The summed E-state index contributed by atoms with van der Waals surface area (Å²) in [7, 11) is 0. The molecule has 0 atom stereocenters. The van der Waals surface area contributed by atoms with Crippen molar-refractivity contribution in [2.45, 2.75) is 13.0 Å². The van der Waals surface area contributed by atoms with Gasteiger partial charge >= 0.3 is 0 Å². The summed E-state index contributed by atoms with van der Waals surface area (Å²) in [6.07, 6.45) is 4.43. The predicted octanol–water partition coefficient (Wildman–Crippen LogP) is 2.54. The van der Waals surface area contributed by atoms with Crippen molar-refractivity contribution in [2.75, 3.05) is 11.9 Å². The number of aromatic nitrogens is 2. The number of nitrogens with zero attached hydrogens (tertiary/aromatic N) is 2. The molecule has 0 aliphatic heterocycles. The van der Waals surface area contributed by atoms with Gasteiger partial charge in [0.25, 0.3) is 0 Å². The second kappa shape index (κ2) is 6.95. The summed E-state index contributed by atoms with van der Waals surface area (Å²) in [6, 6.07) is 5.15. The van der Waals surface area contributed by atoms with Crippen LogP contribution in [0.25, 0.3) is 0 Å². The summed E-state index contributed by atoms with van der Waals surface area (Å²) >= 11 is 5.04. The zero-order valence-corrected chi connectivity index (χ0v) is 11.5. The molecule has 1 aromatic heterocycles. The van der Waals surface area contributed by atoms with Gasteiger partial charge in [-0.15, -0.1) is 0 Å². The number of benzene rings is 1. The van der Waals surface area contributed by atoms with E-state index in [1.807, 2.05) is 16.9 Å². The highest BCUT2D eigenvalue weighted by Gasteiger charge is 2.05. The van der Waals surface area contributed by atoms with Gasteiger partial charge in [0.05, 0.1) is 5.69 Å². The van der Waals surface area contributed by atoms with Crippen LogP contribution in [0.1, 0.15) is 6.42 Å². The molecule has 0 spiro atoms. The van der Waals surface area contributed by atoms with E-state index in [2.05, 4.69) is 15.7 Å². The fourth-order valence-corrected chi connectivity index (χ4v) is 1.85. The minimum absolute atomic E-state index is 0.149. The number of anilines is 1. The Morgan fingerprint density at radius 2 is 2.20 bits per heavy atom. The van der Waals surface area contributed by atoms with Crippen LogP contribution >= 0.6 is 12.2 Å². The molecule has 0 bridgehead atoms. The minimum Gasteiger partial charge on any atom is -0.362 e. The zero-order valence-electron chi connectivity index (χ0n) is 10.6. The number of halogens is 2. The van der Waals surface area contributed by atoms with E-state index in [9.17, 15) is 8.78 Å². The maximum Gasteiger partial charge on any atom is 0.170 e. The summed E-state index contributed by atoms with van der Waals surface area (Å²) in [5, 5.41) is 10.0. The summed E-state index contributed by atoms with van der Waals surface area (Å²) in [5.74, 6) is -1.29. The lowest BCUT2D eigenvalue weighted by atomic mass is 10.3. The smallest absolute Gasteiger partial charge is 0.170 e. The maximum atomic E-state index is 13.4. The summed E-state index contributed by atoms with van der Waals surface area (Å²) in [6.45, 7) is 1.40. The average Bonchev–Trinajstić information content (AvgIpc) is 2.91. The highest BCUT2D eigenvalue weighted by atomic mass is 32.1. The topological polar surface area (TPSA) is 41.9 Å². The van der Waals surface area contributed by atoms with Crippen molar-refractivity contribution >= 4 is 23.0 Å². The van der Waals surface area contributed by atoms with Crippen LogP contribution in [-0.2, 0) is 6.54 Å². The molecule has 0 saturated heterocycles. The lowest BCUT2D eigenvalue weighted by Gasteiger charge is -2.11. The molecule has 2 N–H and O–H groups in total. The monoisotopic (exact) mass is 296 g/mol. The number of nitrogens with one attached hydrogen (secondary N) is 2. The summed E-state index contributed by atoms with van der Waals surface area (Å²) < 4.78 is 27.9. The Balaban J connectivity index is 1.72. The van der Waals surface area contributed by atoms with Gasteiger partial charge in [0.15, 0.2) is 5.11 Å². The van der Waals surface area contributed by atoms with Gasteiger partial charge in [-0.25, -0.2) is 8.78 Å². The van der Waals surface area contributed by atoms with Crippen molar-refractivity contribution in [1.29, 1.82) is 0 Å². The average molecular weight is 296 g/mol. The van der Waals surface area contributed by atoms with Crippen LogP contribution in [0.3, 0.4) is 0 Å². The fourth-order valence-electron chi connectivity index (χ4n) is 1.63. The first-order valence-electron chi connectivity index (χ1n) is 6.12. The lowest BCUT2D eigenvalue weighted by Crippen LogP contribution is -2.30. The zero-order chi connectivity index (χ0) is 14.4. The maximum absolute atomic E-state index is 13.4. The van der Waals surface area contributed by atoms with Crippen LogP contribution in [0.5, 0.6) is 0 Å². The van der Waals surface area contributed by atoms with Crippen LogP contribution in [0, 0.1) is 11.6 Å². The van der Waals surface area contributed by atoms with Crippen LogP contribution in [-0.4, -0.2) is 21.4 Å². The van der Waals surface area contributed by atoms with Gasteiger partial charge in [0.2, 0.25) is 0 Å². The highest BCUT2D eigenvalue weighted by Crippen LogP contribution is 2.14. The molecule has 0 aliphatic rings. The van der Waals surface area contributed by atoms with Crippen molar-refractivity contribution in [1.82, 2.24) is 15.1 Å². The molecular weight excluding hydrogens is 282 g/mol. The Morgan fingerprint density at radius 3 is 2.90 bits per heavy atom. The Labute approximate surface area is 120 Å². The second-order valence-corrected chi connectivity index (χ2v) is 4.54. The van der Waals surface area contributed by atoms with Gasteiger partial charge in [-0.3, -0.25) is 4.68 Å². The van der Waals surface area contributed by atoms with E-state index in [-0.39, 0.29) is 5.69 Å². The quantitative estimate of drug-likeness (QED) is 0.657. The lowest BCUT2D eigenvalue weighted by molar-refractivity contribution is 0.573. The van der Waals surface area contributed by atoms with Gasteiger partial charge in [-0.1, -0.05) is 0 Å². The Bertz CT molecular complexity index is 572. The number of rotatable bonds is 5. The normalized spacial score (nSPS) is 10.3. The Kier molecular flexibility index (Phi) is 5.00. The van der Waals surface area contributed by atoms with Crippen molar-refractivity contribution in [3.8, 4) is 0 Å². The van der Waals surface area contributed by atoms with E-state index in [0.29, 0.717) is 11.7 Å². The number of hydrogen-bond acceptors (Lipinski definition) is 2. The van der Waals surface area contributed by atoms with E-state index in [0.717, 1.165) is 19.0 Å². The van der Waals surface area contributed by atoms with Crippen molar-refractivity contribution in [3.05, 3.63) is 48.3 Å². The Hall–Kier alpha value is -2.02. The number of aryl methyl sites for hydroxylation is 1. The van der Waals surface area contributed by atoms with Crippen LogP contribution in [0.4, 0.5) is 14.5 Å². The molecule has 20 heavy (non-hydrogen) atoms. The SMILES string of the molecule is Fc1ccc(NC(=S)NCCCn2cccn2)c(F)c1. The molecule has 2 rings (SSSR count). The van der Waals surface area contributed by atoms with Crippen LogP contribution < -0.4 is 10.6 Å². The second-order valence-electron chi connectivity index (χ2n) is 4.13. The molecule has 1 heterocycles. The molecular formula is C13H14F2N4S. The summed E-state index contributed by atoms with van der Waals surface area (Å²) in [4.78, 5) is 0. The number of thiocarbonyl (C=S) groups is 1. The third-order valence-electron chi connectivity index (χ3n) is 2.59. The standard InChI is InChI=1S/C13H14F2N4S/c14-10-3-4-12(11(15)9-10)18-13(20)16-5-1-7-19-8-2-6-17-19/h2-4,6,8-9H,1,5,7H2,(H2,16,18,20). The predicted molar refractivity (Wildman–Crippen MR) is 77.4 cm³/mol. The molecule has 0 unspecified atom stereocenters. The van der Waals surface area contributed by atoms with Crippen LogP contribution in [0.2, 0.25) is 0 Å². The van der Waals surface area contributed by atoms with E-state index in [4.69, 9.17) is 12.2 Å². The van der Waals surface area contributed by atoms with E-state index in [1.54, 1.807) is 6.20 Å². The van der Waals surface area contributed by atoms with E-state index >= 15 is 0 Å². The largest absolute Gasteiger partial charge is 0.362 e. The molecule has 0 aliphatic carbocycles. The molecule has 1 aromatic carbocycles. The van der Waals surface area contributed by atoms with E-state index < -0.39 is 11.6 Å².